The molecule has 0 spiro atoms. The summed E-state index contributed by atoms with van der Waals surface area (Å²) in [6.45, 7) is 4.97. The van der Waals surface area contributed by atoms with Crippen molar-refractivity contribution >= 4 is 28.4 Å². The third kappa shape index (κ3) is 4.01. The molecule has 2 amide bonds. The van der Waals surface area contributed by atoms with Crippen molar-refractivity contribution in [3.05, 3.63) is 59.5 Å². The first-order valence-corrected chi connectivity index (χ1v) is 12.3. The molecule has 2 fully saturated rings. The number of hydrogen-bond donors (Lipinski definition) is 0. The van der Waals surface area contributed by atoms with Gasteiger partial charge in [-0.3, -0.25) is 14.5 Å². The topological polar surface area (TPSA) is 84.9 Å². The van der Waals surface area contributed by atoms with Gasteiger partial charge in [-0.1, -0.05) is 12.1 Å². The Bertz CT molecular complexity index is 1260. The van der Waals surface area contributed by atoms with Crippen molar-refractivity contribution in [3.8, 4) is 5.75 Å². The van der Waals surface area contributed by atoms with Gasteiger partial charge in [0.2, 0.25) is 0 Å². The third-order valence-corrected chi connectivity index (χ3v) is 7.27. The fourth-order valence-corrected chi connectivity index (χ4v) is 5.42. The number of anilines is 1. The van der Waals surface area contributed by atoms with Crippen molar-refractivity contribution in [2.24, 2.45) is 0 Å². The number of amides is 2. The van der Waals surface area contributed by atoms with Gasteiger partial charge in [0, 0.05) is 37.1 Å². The van der Waals surface area contributed by atoms with Gasteiger partial charge in [0.15, 0.2) is 0 Å². The number of carbonyl (C=O) groups is 2. The Morgan fingerprint density at radius 1 is 0.971 bits per heavy atom. The molecule has 3 aliphatic rings. The number of benzene rings is 2. The van der Waals surface area contributed by atoms with Crippen molar-refractivity contribution in [2.45, 2.75) is 44.8 Å². The summed E-state index contributed by atoms with van der Waals surface area (Å²) in [6, 6.07) is 11.2. The molecule has 2 aromatic carbocycles. The van der Waals surface area contributed by atoms with E-state index in [0.29, 0.717) is 24.3 Å². The number of imide groups is 1. The summed E-state index contributed by atoms with van der Waals surface area (Å²) >= 11 is 0. The zero-order chi connectivity index (χ0) is 23.9. The molecule has 3 heterocycles. The van der Waals surface area contributed by atoms with Crippen LogP contribution in [0.25, 0.3) is 10.9 Å². The van der Waals surface area contributed by atoms with Gasteiger partial charge in [0.05, 0.1) is 41.3 Å². The second-order valence-corrected chi connectivity index (χ2v) is 9.47. The highest BCUT2D eigenvalue weighted by Crippen LogP contribution is 2.36. The number of morpholine rings is 1. The molecule has 3 aromatic rings. The fraction of sp³-hybridized carbons (Fsp3) is 0.407. The summed E-state index contributed by atoms with van der Waals surface area (Å²) < 4.78 is 12.1. The standard InChI is InChI=1S/C27H28N4O4/c1-17-28-16-23-24(29-17)14-19(30-10-12-34-13-11-30)15-25(23)35-20-8-6-18(7-9-20)31-26(32)21-4-2-3-5-22(21)27(31)33/h2-5,14-16,18,20H,6-13H2,1H3/t18-,20+. The fourth-order valence-electron chi connectivity index (χ4n) is 5.42. The Morgan fingerprint density at radius 2 is 1.66 bits per heavy atom. The largest absolute Gasteiger partial charge is 0.490 e. The lowest BCUT2D eigenvalue weighted by molar-refractivity contribution is 0.0480. The molecule has 2 aliphatic heterocycles. The Kier molecular flexibility index (Phi) is 5.60. The van der Waals surface area contributed by atoms with E-state index in [0.717, 1.165) is 66.9 Å². The lowest BCUT2D eigenvalue weighted by atomic mass is 9.91. The molecule has 1 aromatic heterocycles. The Morgan fingerprint density at radius 3 is 2.34 bits per heavy atom. The maximum Gasteiger partial charge on any atom is 0.261 e. The van der Waals surface area contributed by atoms with Crippen molar-refractivity contribution in [2.75, 3.05) is 31.2 Å². The van der Waals surface area contributed by atoms with E-state index in [1.165, 1.54) is 4.90 Å². The number of nitrogens with zero attached hydrogens (tertiary/aromatic N) is 4. The number of aromatic nitrogens is 2. The van der Waals surface area contributed by atoms with Crippen LogP contribution >= 0.6 is 0 Å². The van der Waals surface area contributed by atoms with Crippen molar-refractivity contribution in [3.63, 3.8) is 0 Å². The lowest BCUT2D eigenvalue weighted by Crippen LogP contribution is -2.43. The van der Waals surface area contributed by atoms with Crippen LogP contribution in [0.15, 0.2) is 42.6 Å². The van der Waals surface area contributed by atoms with Crippen LogP contribution < -0.4 is 9.64 Å². The Labute approximate surface area is 203 Å². The van der Waals surface area contributed by atoms with Crippen LogP contribution in [0.5, 0.6) is 5.75 Å². The SMILES string of the molecule is Cc1ncc2c(O[C@H]3CC[C@@H](N4C(=O)c5ccccc5C4=O)CC3)cc(N3CCOCC3)cc2n1. The van der Waals surface area contributed by atoms with E-state index in [1.807, 2.05) is 13.1 Å². The summed E-state index contributed by atoms with van der Waals surface area (Å²) in [5, 5.41) is 0.898. The molecule has 8 nitrogen and oxygen atoms in total. The van der Waals surface area contributed by atoms with Crippen LogP contribution in [0.3, 0.4) is 0 Å². The second kappa shape index (κ2) is 8.92. The number of carbonyl (C=O) groups excluding carboxylic acids is 2. The molecule has 0 atom stereocenters. The maximum atomic E-state index is 12.9. The molecule has 0 radical (unpaired) electrons. The van der Waals surface area contributed by atoms with Gasteiger partial charge < -0.3 is 14.4 Å². The zero-order valence-corrected chi connectivity index (χ0v) is 19.8. The summed E-state index contributed by atoms with van der Waals surface area (Å²) in [6.07, 6.45) is 4.84. The second-order valence-electron chi connectivity index (χ2n) is 9.47. The van der Waals surface area contributed by atoms with Gasteiger partial charge in [-0.2, -0.15) is 0 Å². The highest BCUT2D eigenvalue weighted by atomic mass is 16.5. The number of fused-ring (bicyclic) bond motifs is 2. The zero-order valence-electron chi connectivity index (χ0n) is 19.8. The minimum atomic E-state index is -0.174. The molecular formula is C27H28N4O4. The minimum absolute atomic E-state index is 0.00544. The Balaban J connectivity index is 1.20. The van der Waals surface area contributed by atoms with Crippen LogP contribution in [-0.2, 0) is 4.74 Å². The Hall–Kier alpha value is -3.52. The molecule has 0 bridgehead atoms. The van der Waals surface area contributed by atoms with Crippen LogP contribution in [0.1, 0.15) is 52.2 Å². The molecule has 0 unspecified atom stereocenters. The van der Waals surface area contributed by atoms with E-state index in [9.17, 15) is 9.59 Å². The molecule has 180 valence electrons. The van der Waals surface area contributed by atoms with E-state index in [1.54, 1.807) is 24.3 Å². The number of aryl methyl sites for hydroxylation is 1. The predicted molar refractivity (Wildman–Crippen MR) is 131 cm³/mol. The van der Waals surface area contributed by atoms with Crippen molar-refractivity contribution < 1.29 is 19.1 Å². The quantitative estimate of drug-likeness (QED) is 0.535. The first kappa shape index (κ1) is 22.0. The van der Waals surface area contributed by atoms with Gasteiger partial charge >= 0.3 is 0 Å². The van der Waals surface area contributed by atoms with E-state index in [-0.39, 0.29) is 24.0 Å². The van der Waals surface area contributed by atoms with Crippen LogP contribution in [-0.4, -0.2) is 65.1 Å². The maximum absolute atomic E-state index is 12.9. The molecule has 8 heteroatoms. The highest BCUT2D eigenvalue weighted by molar-refractivity contribution is 6.21. The molecule has 0 N–H and O–H groups in total. The van der Waals surface area contributed by atoms with Gasteiger partial charge in [-0.15, -0.1) is 0 Å². The third-order valence-electron chi connectivity index (χ3n) is 7.27. The van der Waals surface area contributed by atoms with E-state index < -0.39 is 0 Å². The minimum Gasteiger partial charge on any atom is -0.490 e. The van der Waals surface area contributed by atoms with E-state index >= 15 is 0 Å². The number of rotatable bonds is 4. The molecular weight excluding hydrogens is 444 g/mol. The van der Waals surface area contributed by atoms with Crippen molar-refractivity contribution in [1.82, 2.24) is 14.9 Å². The van der Waals surface area contributed by atoms with Crippen LogP contribution in [0.4, 0.5) is 5.69 Å². The molecule has 1 saturated carbocycles. The van der Waals surface area contributed by atoms with E-state index in [2.05, 4.69) is 27.0 Å². The lowest BCUT2D eigenvalue weighted by Gasteiger charge is -2.34. The molecule has 6 rings (SSSR count). The molecule has 1 saturated heterocycles. The monoisotopic (exact) mass is 472 g/mol. The van der Waals surface area contributed by atoms with Crippen LogP contribution in [0, 0.1) is 6.92 Å². The number of hydrogen-bond acceptors (Lipinski definition) is 7. The predicted octanol–water partition coefficient (Wildman–Crippen LogP) is 3.76. The van der Waals surface area contributed by atoms with Gasteiger partial charge in [0.1, 0.15) is 11.6 Å². The summed E-state index contributed by atoms with van der Waals surface area (Å²) in [5.41, 5.74) is 2.97. The molecule has 1 aliphatic carbocycles. The highest BCUT2D eigenvalue weighted by Gasteiger charge is 2.41. The average Bonchev–Trinajstić information content (AvgIpc) is 3.14. The first-order chi connectivity index (χ1) is 17.1. The molecule has 35 heavy (non-hydrogen) atoms. The average molecular weight is 473 g/mol. The number of ether oxygens (including phenoxy) is 2. The van der Waals surface area contributed by atoms with E-state index in [4.69, 9.17) is 9.47 Å². The first-order valence-electron chi connectivity index (χ1n) is 12.3. The smallest absolute Gasteiger partial charge is 0.261 e. The summed E-state index contributed by atoms with van der Waals surface area (Å²) in [5.74, 6) is 1.16. The van der Waals surface area contributed by atoms with Gasteiger partial charge in [-0.05, 0) is 50.8 Å². The van der Waals surface area contributed by atoms with Crippen LogP contribution in [0.2, 0.25) is 0 Å². The summed E-state index contributed by atoms with van der Waals surface area (Å²) in [4.78, 5) is 38.6. The van der Waals surface area contributed by atoms with Gasteiger partial charge in [-0.25, -0.2) is 9.97 Å². The summed E-state index contributed by atoms with van der Waals surface area (Å²) in [7, 11) is 0. The van der Waals surface area contributed by atoms with Crippen molar-refractivity contribution in [1.29, 1.82) is 0 Å². The normalized spacial score (nSPS) is 22.5. The van der Waals surface area contributed by atoms with Gasteiger partial charge in [0.25, 0.3) is 11.8 Å².